The fourth-order valence-corrected chi connectivity index (χ4v) is 1.78. The summed E-state index contributed by atoms with van der Waals surface area (Å²) in [4.78, 5) is 4.14. The Labute approximate surface area is 75.6 Å². The minimum atomic E-state index is -1.09. The maximum atomic E-state index is 13.0. The van der Waals surface area contributed by atoms with Crippen LogP contribution in [-0.2, 0) is 0 Å². The zero-order valence-electron chi connectivity index (χ0n) is 7.25. The largest absolute Gasteiger partial charge is 0.327 e. The van der Waals surface area contributed by atoms with Gasteiger partial charge in [-0.3, -0.25) is 0 Å². The van der Waals surface area contributed by atoms with Crippen LogP contribution in [0.15, 0.2) is 5.38 Å². The molecule has 68 valence electrons. The van der Waals surface area contributed by atoms with Gasteiger partial charge < -0.3 is 5.73 Å². The predicted octanol–water partition coefficient (Wildman–Crippen LogP) is 2.24. The third-order valence-corrected chi connectivity index (χ3v) is 2.55. The summed E-state index contributed by atoms with van der Waals surface area (Å²) in [6, 6.07) is 0. The van der Waals surface area contributed by atoms with Crippen molar-refractivity contribution in [1.29, 1.82) is 0 Å². The molecule has 0 aliphatic heterocycles. The summed E-state index contributed by atoms with van der Waals surface area (Å²) < 4.78 is 13.0. The number of nitrogens with two attached hydrogens (primary N) is 1. The molecule has 4 heteroatoms. The highest BCUT2D eigenvalue weighted by Gasteiger charge is 2.13. The summed E-state index contributed by atoms with van der Waals surface area (Å²) >= 11 is 1.34. The van der Waals surface area contributed by atoms with Crippen LogP contribution >= 0.6 is 11.3 Å². The van der Waals surface area contributed by atoms with Gasteiger partial charge in [-0.25, -0.2) is 9.37 Å². The Hall–Kier alpha value is -0.480. The Morgan fingerprint density at radius 3 is 2.75 bits per heavy atom. The Kier molecular flexibility index (Phi) is 3.17. The lowest BCUT2D eigenvalue weighted by Crippen LogP contribution is -2.07. The van der Waals surface area contributed by atoms with E-state index in [1.165, 1.54) is 11.3 Å². The lowest BCUT2D eigenvalue weighted by molar-refractivity contribution is 0.351. The minimum Gasteiger partial charge on any atom is -0.327 e. The van der Waals surface area contributed by atoms with Crippen LogP contribution in [0.4, 0.5) is 4.39 Å². The highest BCUT2D eigenvalue weighted by molar-refractivity contribution is 7.09. The van der Waals surface area contributed by atoms with E-state index in [0.29, 0.717) is 10.9 Å². The molecule has 0 spiro atoms. The molecule has 1 rings (SSSR count). The molecule has 0 aliphatic rings. The van der Waals surface area contributed by atoms with Crippen LogP contribution in [0.5, 0.6) is 0 Å². The lowest BCUT2D eigenvalue weighted by atomic mass is 10.2. The second-order valence-corrected chi connectivity index (χ2v) is 3.86. The van der Waals surface area contributed by atoms with Crippen LogP contribution in [0.3, 0.4) is 0 Å². The number of hydrogen-bond donors (Lipinski definition) is 1. The molecular weight excluding hydrogens is 175 g/mol. The molecule has 0 radical (unpaired) electrons. The molecule has 2 nitrogen and oxygen atoms in total. The van der Waals surface area contributed by atoms with Gasteiger partial charge in [0.1, 0.15) is 5.01 Å². The van der Waals surface area contributed by atoms with Gasteiger partial charge in [-0.05, 0) is 5.92 Å². The topological polar surface area (TPSA) is 38.9 Å². The zero-order chi connectivity index (χ0) is 9.14. The van der Waals surface area contributed by atoms with Gasteiger partial charge in [0, 0.05) is 11.9 Å². The number of alkyl halides is 1. The summed E-state index contributed by atoms with van der Waals surface area (Å²) in [7, 11) is 0. The molecule has 0 bridgehead atoms. The molecular formula is C8H13FN2S. The van der Waals surface area contributed by atoms with E-state index in [0.717, 1.165) is 5.69 Å². The average Bonchev–Trinajstić information content (AvgIpc) is 2.51. The number of aromatic nitrogens is 1. The molecule has 1 heterocycles. The van der Waals surface area contributed by atoms with E-state index < -0.39 is 6.17 Å². The fraction of sp³-hybridized carbons (Fsp3) is 0.625. The van der Waals surface area contributed by atoms with Gasteiger partial charge in [0.15, 0.2) is 6.17 Å². The molecule has 1 aromatic heterocycles. The van der Waals surface area contributed by atoms with Crippen molar-refractivity contribution in [3.63, 3.8) is 0 Å². The van der Waals surface area contributed by atoms with Gasteiger partial charge >= 0.3 is 0 Å². The van der Waals surface area contributed by atoms with E-state index >= 15 is 0 Å². The zero-order valence-corrected chi connectivity index (χ0v) is 8.07. The summed E-state index contributed by atoms with van der Waals surface area (Å²) in [6.07, 6.45) is -1.09. The molecule has 0 aliphatic carbocycles. The molecule has 1 atom stereocenters. The van der Waals surface area contributed by atoms with E-state index in [2.05, 4.69) is 4.98 Å². The van der Waals surface area contributed by atoms with E-state index in [-0.39, 0.29) is 6.54 Å². The fourth-order valence-electron chi connectivity index (χ4n) is 0.811. The molecule has 12 heavy (non-hydrogen) atoms. The first-order valence-electron chi connectivity index (χ1n) is 3.94. The van der Waals surface area contributed by atoms with Gasteiger partial charge in [0.2, 0.25) is 0 Å². The molecule has 2 N–H and O–H groups in total. The van der Waals surface area contributed by atoms with Crippen molar-refractivity contribution < 1.29 is 4.39 Å². The lowest BCUT2D eigenvalue weighted by Gasteiger charge is -1.99. The molecule has 0 aromatic carbocycles. The molecule has 1 aromatic rings. The Bertz CT molecular complexity index is 247. The second-order valence-electron chi connectivity index (χ2n) is 2.97. The summed E-state index contributed by atoms with van der Waals surface area (Å²) in [5.41, 5.74) is 6.13. The van der Waals surface area contributed by atoms with E-state index in [1.54, 1.807) is 0 Å². The predicted molar refractivity (Wildman–Crippen MR) is 49.1 cm³/mol. The minimum absolute atomic E-state index is 0.0189. The number of rotatable bonds is 3. The number of hydrogen-bond acceptors (Lipinski definition) is 3. The summed E-state index contributed by atoms with van der Waals surface area (Å²) in [6.45, 7) is 4.09. The van der Waals surface area contributed by atoms with Gasteiger partial charge in [-0.1, -0.05) is 13.8 Å². The Morgan fingerprint density at radius 1 is 1.67 bits per heavy atom. The third kappa shape index (κ3) is 2.01. The van der Waals surface area contributed by atoms with Gasteiger partial charge in [-0.15, -0.1) is 11.3 Å². The SMILES string of the molecule is CC(C)c1csc(C(F)CN)n1. The molecule has 0 saturated heterocycles. The van der Waals surface area contributed by atoms with Crippen molar-refractivity contribution in [2.45, 2.75) is 25.9 Å². The van der Waals surface area contributed by atoms with Crippen LogP contribution in [0.1, 0.15) is 36.6 Å². The number of halogens is 1. The molecule has 0 fully saturated rings. The average molecular weight is 188 g/mol. The Balaban J connectivity index is 2.77. The quantitative estimate of drug-likeness (QED) is 0.790. The van der Waals surface area contributed by atoms with Gasteiger partial charge in [-0.2, -0.15) is 0 Å². The highest BCUT2D eigenvalue weighted by atomic mass is 32.1. The normalized spacial score (nSPS) is 13.8. The molecule has 1 unspecified atom stereocenters. The van der Waals surface area contributed by atoms with Crippen LogP contribution in [-0.4, -0.2) is 11.5 Å². The third-order valence-electron chi connectivity index (χ3n) is 1.61. The first kappa shape index (κ1) is 9.61. The summed E-state index contributed by atoms with van der Waals surface area (Å²) in [5, 5.41) is 2.39. The summed E-state index contributed by atoms with van der Waals surface area (Å²) in [5.74, 6) is 0.361. The first-order chi connectivity index (χ1) is 5.65. The second kappa shape index (κ2) is 3.96. The van der Waals surface area contributed by atoms with E-state index in [4.69, 9.17) is 5.73 Å². The van der Waals surface area contributed by atoms with Crippen molar-refractivity contribution in [1.82, 2.24) is 4.98 Å². The Morgan fingerprint density at radius 2 is 2.33 bits per heavy atom. The first-order valence-corrected chi connectivity index (χ1v) is 4.82. The van der Waals surface area contributed by atoms with Crippen LogP contribution < -0.4 is 5.73 Å². The standard InChI is InChI=1S/C8H13FN2S/c1-5(2)7-4-12-8(11-7)6(9)3-10/h4-6H,3,10H2,1-2H3. The van der Waals surface area contributed by atoms with Crippen molar-refractivity contribution in [2.24, 2.45) is 5.73 Å². The van der Waals surface area contributed by atoms with Crippen molar-refractivity contribution in [3.05, 3.63) is 16.1 Å². The van der Waals surface area contributed by atoms with Crippen molar-refractivity contribution in [2.75, 3.05) is 6.54 Å². The van der Waals surface area contributed by atoms with E-state index in [9.17, 15) is 4.39 Å². The van der Waals surface area contributed by atoms with Crippen molar-refractivity contribution >= 4 is 11.3 Å². The maximum Gasteiger partial charge on any atom is 0.164 e. The monoisotopic (exact) mass is 188 g/mol. The molecule has 0 amide bonds. The maximum absolute atomic E-state index is 13.0. The van der Waals surface area contributed by atoms with E-state index in [1.807, 2.05) is 19.2 Å². The van der Waals surface area contributed by atoms with Crippen LogP contribution in [0.25, 0.3) is 0 Å². The number of thiazole rings is 1. The highest BCUT2D eigenvalue weighted by Crippen LogP contribution is 2.24. The van der Waals surface area contributed by atoms with Crippen LogP contribution in [0.2, 0.25) is 0 Å². The van der Waals surface area contributed by atoms with Crippen molar-refractivity contribution in [3.8, 4) is 0 Å². The van der Waals surface area contributed by atoms with Gasteiger partial charge in [0.25, 0.3) is 0 Å². The molecule has 0 saturated carbocycles. The van der Waals surface area contributed by atoms with Gasteiger partial charge in [0.05, 0.1) is 5.69 Å². The number of nitrogens with zero attached hydrogens (tertiary/aromatic N) is 1. The van der Waals surface area contributed by atoms with Crippen LogP contribution in [0, 0.1) is 0 Å². The smallest absolute Gasteiger partial charge is 0.164 e.